The highest BCUT2D eigenvalue weighted by Crippen LogP contribution is 2.33. The highest BCUT2D eigenvalue weighted by Gasteiger charge is 2.31. The third-order valence-electron chi connectivity index (χ3n) is 4.66. The molecular formula is C23H19F3N6O3. The maximum Gasteiger partial charge on any atom is 0.416 e. The molecule has 1 aromatic heterocycles. The van der Waals surface area contributed by atoms with Crippen LogP contribution in [-0.4, -0.2) is 47.3 Å². The fraction of sp³-hybridized carbons (Fsp3) is 0.174. The van der Waals surface area contributed by atoms with Gasteiger partial charge in [-0.05, 0) is 42.0 Å². The topological polar surface area (TPSA) is 113 Å². The zero-order valence-electron chi connectivity index (χ0n) is 18.6. The van der Waals surface area contributed by atoms with E-state index < -0.39 is 30.2 Å². The SMILES string of the molecule is CN(C)c1ccc(/C=C(\C#N)C(=O)OCC(=O)Nc2cc(C(F)(F)F)ccc2-n2cncn2)cc1. The van der Waals surface area contributed by atoms with Crippen LogP contribution < -0.4 is 10.2 Å². The van der Waals surface area contributed by atoms with E-state index in [1.165, 1.54) is 23.4 Å². The Morgan fingerprint density at radius 3 is 2.49 bits per heavy atom. The Balaban J connectivity index is 1.71. The first-order valence-corrected chi connectivity index (χ1v) is 10.0. The van der Waals surface area contributed by atoms with Gasteiger partial charge in [-0.1, -0.05) is 12.1 Å². The number of amides is 1. The van der Waals surface area contributed by atoms with Gasteiger partial charge < -0.3 is 15.0 Å². The molecule has 0 saturated heterocycles. The monoisotopic (exact) mass is 484 g/mol. The first kappa shape index (κ1) is 25.0. The zero-order valence-corrected chi connectivity index (χ0v) is 18.6. The summed E-state index contributed by atoms with van der Waals surface area (Å²) in [4.78, 5) is 30.2. The van der Waals surface area contributed by atoms with E-state index in [1.54, 1.807) is 30.3 Å². The molecule has 9 nitrogen and oxygen atoms in total. The van der Waals surface area contributed by atoms with Crippen LogP contribution in [0.2, 0.25) is 0 Å². The quantitative estimate of drug-likeness (QED) is 0.311. The minimum Gasteiger partial charge on any atom is -0.451 e. The van der Waals surface area contributed by atoms with Crippen molar-refractivity contribution in [2.24, 2.45) is 0 Å². The Hall–Kier alpha value is -4.66. The van der Waals surface area contributed by atoms with Gasteiger partial charge in [-0.2, -0.15) is 23.5 Å². The summed E-state index contributed by atoms with van der Waals surface area (Å²) in [5, 5.41) is 15.4. The Morgan fingerprint density at radius 1 is 1.20 bits per heavy atom. The smallest absolute Gasteiger partial charge is 0.416 e. The predicted molar refractivity (Wildman–Crippen MR) is 120 cm³/mol. The predicted octanol–water partition coefficient (Wildman–Crippen LogP) is 3.44. The molecule has 3 rings (SSSR count). The second-order valence-electron chi connectivity index (χ2n) is 7.35. The van der Waals surface area contributed by atoms with Crippen molar-refractivity contribution in [3.05, 3.63) is 71.8 Å². The molecule has 0 aliphatic rings. The molecule has 3 aromatic rings. The number of benzene rings is 2. The maximum absolute atomic E-state index is 13.1. The van der Waals surface area contributed by atoms with E-state index in [9.17, 15) is 28.0 Å². The number of carbonyl (C=O) groups is 2. The summed E-state index contributed by atoms with van der Waals surface area (Å²) in [6, 6.07) is 11.4. The van der Waals surface area contributed by atoms with Gasteiger partial charge in [-0.25, -0.2) is 14.5 Å². The van der Waals surface area contributed by atoms with Crippen LogP contribution in [0.1, 0.15) is 11.1 Å². The van der Waals surface area contributed by atoms with Crippen molar-refractivity contribution in [1.29, 1.82) is 5.26 Å². The minimum atomic E-state index is -4.65. The lowest BCUT2D eigenvalue weighted by molar-refractivity contribution is -0.142. The van der Waals surface area contributed by atoms with Crippen molar-refractivity contribution in [2.75, 3.05) is 30.9 Å². The number of carbonyl (C=O) groups excluding carboxylic acids is 2. The molecule has 35 heavy (non-hydrogen) atoms. The van der Waals surface area contributed by atoms with Crippen molar-refractivity contribution >= 4 is 29.3 Å². The molecule has 2 aromatic carbocycles. The number of nitrogens with zero attached hydrogens (tertiary/aromatic N) is 5. The molecule has 0 spiro atoms. The summed E-state index contributed by atoms with van der Waals surface area (Å²) < 4.78 is 45.5. The van der Waals surface area contributed by atoms with Gasteiger partial charge >= 0.3 is 12.1 Å². The number of esters is 1. The first-order chi connectivity index (χ1) is 16.6. The number of anilines is 2. The number of hydrogen-bond acceptors (Lipinski definition) is 7. The molecule has 1 heterocycles. The Bertz CT molecular complexity index is 1280. The van der Waals surface area contributed by atoms with Crippen LogP contribution in [0.5, 0.6) is 0 Å². The van der Waals surface area contributed by atoms with Gasteiger partial charge in [0, 0.05) is 19.8 Å². The van der Waals surface area contributed by atoms with Crippen LogP contribution in [0.3, 0.4) is 0 Å². The number of halogens is 3. The number of nitrogens with one attached hydrogen (secondary N) is 1. The summed E-state index contributed by atoms with van der Waals surface area (Å²) in [6.07, 6.45) is -0.929. The largest absolute Gasteiger partial charge is 0.451 e. The number of rotatable bonds is 7. The summed E-state index contributed by atoms with van der Waals surface area (Å²) in [5.74, 6) is -1.97. The van der Waals surface area contributed by atoms with E-state index in [1.807, 2.05) is 19.0 Å². The normalized spacial score (nSPS) is 11.5. The molecule has 0 radical (unpaired) electrons. The molecule has 1 amide bonds. The molecule has 0 fully saturated rings. The van der Waals surface area contributed by atoms with Gasteiger partial charge in [0.15, 0.2) is 6.61 Å². The fourth-order valence-corrected chi connectivity index (χ4v) is 2.91. The van der Waals surface area contributed by atoms with Gasteiger partial charge in [0.2, 0.25) is 0 Å². The van der Waals surface area contributed by atoms with E-state index in [4.69, 9.17) is 4.74 Å². The van der Waals surface area contributed by atoms with E-state index >= 15 is 0 Å². The lowest BCUT2D eigenvalue weighted by Gasteiger charge is -2.14. The highest BCUT2D eigenvalue weighted by atomic mass is 19.4. The van der Waals surface area contributed by atoms with Crippen molar-refractivity contribution in [1.82, 2.24) is 14.8 Å². The highest BCUT2D eigenvalue weighted by molar-refractivity contribution is 6.00. The standard InChI is InChI=1S/C23H19F3N6O3/c1-31(2)18-6-3-15(4-7-18)9-16(11-27)22(34)35-12-21(33)30-19-10-17(23(24,25)26)5-8-20(19)32-14-28-13-29-32/h3-10,13-14H,12H2,1-2H3,(H,30,33)/b16-9+. The summed E-state index contributed by atoms with van der Waals surface area (Å²) in [7, 11) is 3.73. The number of hydrogen-bond donors (Lipinski definition) is 1. The van der Waals surface area contributed by atoms with E-state index in [0.29, 0.717) is 5.56 Å². The molecule has 180 valence electrons. The summed E-state index contributed by atoms with van der Waals surface area (Å²) in [5.41, 5.74) is 0.0357. The zero-order chi connectivity index (χ0) is 25.6. The van der Waals surface area contributed by atoms with Crippen LogP contribution in [0.15, 0.2) is 60.7 Å². The van der Waals surface area contributed by atoms with Gasteiger partial charge in [0.25, 0.3) is 5.91 Å². The average Bonchev–Trinajstić information content (AvgIpc) is 3.35. The fourth-order valence-electron chi connectivity index (χ4n) is 2.91. The summed E-state index contributed by atoms with van der Waals surface area (Å²) in [6.45, 7) is -0.829. The third kappa shape index (κ3) is 6.44. The van der Waals surface area contributed by atoms with Crippen LogP contribution in [0, 0.1) is 11.3 Å². The van der Waals surface area contributed by atoms with Gasteiger partial charge in [-0.3, -0.25) is 4.79 Å². The van der Waals surface area contributed by atoms with Crippen LogP contribution in [0.4, 0.5) is 24.5 Å². The molecule has 12 heteroatoms. The van der Waals surface area contributed by atoms with Crippen molar-refractivity contribution in [3.63, 3.8) is 0 Å². The summed E-state index contributed by atoms with van der Waals surface area (Å²) >= 11 is 0. The van der Waals surface area contributed by atoms with Crippen molar-refractivity contribution < 1.29 is 27.5 Å². The van der Waals surface area contributed by atoms with Crippen LogP contribution in [-0.2, 0) is 20.5 Å². The Kier molecular flexibility index (Phi) is 7.50. The molecule has 0 unspecified atom stereocenters. The molecular weight excluding hydrogens is 465 g/mol. The average molecular weight is 484 g/mol. The van der Waals surface area contributed by atoms with E-state index in [-0.39, 0.29) is 16.9 Å². The lowest BCUT2D eigenvalue weighted by Crippen LogP contribution is -2.22. The Labute approximate surface area is 198 Å². The van der Waals surface area contributed by atoms with Gasteiger partial charge in [-0.15, -0.1) is 0 Å². The third-order valence-corrected chi connectivity index (χ3v) is 4.66. The molecule has 0 bridgehead atoms. The Morgan fingerprint density at radius 2 is 1.91 bits per heavy atom. The number of alkyl halides is 3. The van der Waals surface area contributed by atoms with Crippen molar-refractivity contribution in [3.8, 4) is 11.8 Å². The lowest BCUT2D eigenvalue weighted by atomic mass is 10.1. The first-order valence-electron chi connectivity index (χ1n) is 10.0. The molecule has 0 aliphatic heterocycles. The second kappa shape index (κ2) is 10.5. The van der Waals surface area contributed by atoms with Crippen LogP contribution >= 0.6 is 0 Å². The van der Waals surface area contributed by atoms with E-state index in [0.717, 1.165) is 23.9 Å². The number of nitriles is 1. The second-order valence-corrected chi connectivity index (χ2v) is 7.35. The number of aromatic nitrogens is 3. The maximum atomic E-state index is 13.1. The van der Waals surface area contributed by atoms with Gasteiger partial charge in [0.05, 0.1) is 16.9 Å². The molecule has 0 atom stereocenters. The molecule has 0 saturated carbocycles. The van der Waals surface area contributed by atoms with Crippen LogP contribution in [0.25, 0.3) is 11.8 Å². The van der Waals surface area contributed by atoms with Gasteiger partial charge in [0.1, 0.15) is 24.3 Å². The minimum absolute atomic E-state index is 0.119. The molecule has 0 aliphatic carbocycles. The van der Waals surface area contributed by atoms with Crippen molar-refractivity contribution in [2.45, 2.75) is 6.18 Å². The number of ether oxygens (including phenoxy) is 1. The molecule has 1 N–H and O–H groups in total. The van der Waals surface area contributed by atoms with E-state index in [2.05, 4.69) is 15.4 Å².